The number of carbonyl (C=O) groups is 2. The van der Waals surface area contributed by atoms with E-state index >= 15 is 0 Å². The van der Waals surface area contributed by atoms with Gasteiger partial charge in [-0.1, -0.05) is 23.7 Å². The summed E-state index contributed by atoms with van der Waals surface area (Å²) in [5, 5.41) is 4.99. The highest BCUT2D eigenvalue weighted by Gasteiger charge is 2.18. The average molecular weight is 371 g/mol. The Hall–Kier alpha value is -1.96. The molecule has 1 atom stereocenters. The first-order valence-electron chi connectivity index (χ1n) is 7.08. The maximum absolute atomic E-state index is 12.8. The number of nitrogens with one attached hydrogen (secondary N) is 2. The molecular weight excluding hydrogens is 355 g/mol. The molecule has 0 aliphatic rings. The number of benzene rings is 1. The lowest BCUT2D eigenvalue weighted by Gasteiger charge is -2.14. The topological polar surface area (TPSA) is 67.4 Å². The van der Waals surface area contributed by atoms with E-state index in [-0.39, 0.29) is 25.0 Å². The fourth-order valence-electron chi connectivity index (χ4n) is 1.93. The number of amides is 2. The van der Waals surface area contributed by atoms with Crippen molar-refractivity contribution in [3.05, 3.63) is 57.0 Å². The number of thiophene rings is 1. The number of rotatable bonds is 6. The standard InChI is InChI=1S/C16H16ClFN2O3S/c1-23-12(13-6-7-14(17)24-13)9-20-16(22)15(21)19-8-10-2-4-11(18)5-3-10/h2-7,12H,8-9H2,1H3,(H,19,21)(H,20,22)/t12-/m1/s1. The predicted octanol–water partition coefficient (Wildman–Crippen LogP) is 2.66. The van der Waals surface area contributed by atoms with Crippen molar-refractivity contribution in [2.45, 2.75) is 12.6 Å². The number of halogens is 2. The van der Waals surface area contributed by atoms with Crippen LogP contribution in [0.5, 0.6) is 0 Å². The Labute approximate surface area is 147 Å². The van der Waals surface area contributed by atoms with Crippen LogP contribution >= 0.6 is 22.9 Å². The predicted molar refractivity (Wildman–Crippen MR) is 90.3 cm³/mol. The smallest absolute Gasteiger partial charge is 0.309 e. The lowest BCUT2D eigenvalue weighted by atomic mass is 10.2. The van der Waals surface area contributed by atoms with Crippen LogP contribution < -0.4 is 10.6 Å². The molecule has 0 aliphatic carbocycles. The molecule has 0 spiro atoms. The van der Waals surface area contributed by atoms with Crippen molar-refractivity contribution in [3.8, 4) is 0 Å². The Morgan fingerprint density at radius 2 is 1.83 bits per heavy atom. The van der Waals surface area contributed by atoms with Crippen LogP contribution in [-0.4, -0.2) is 25.5 Å². The van der Waals surface area contributed by atoms with Crippen molar-refractivity contribution >= 4 is 34.8 Å². The van der Waals surface area contributed by atoms with E-state index in [4.69, 9.17) is 16.3 Å². The monoisotopic (exact) mass is 370 g/mol. The zero-order valence-corrected chi connectivity index (χ0v) is 14.4. The van der Waals surface area contributed by atoms with Gasteiger partial charge >= 0.3 is 11.8 Å². The van der Waals surface area contributed by atoms with Crippen LogP contribution in [0.2, 0.25) is 4.34 Å². The minimum Gasteiger partial charge on any atom is -0.374 e. The molecule has 0 bridgehead atoms. The Morgan fingerprint density at radius 1 is 1.17 bits per heavy atom. The first-order chi connectivity index (χ1) is 11.5. The Bertz CT molecular complexity index is 706. The van der Waals surface area contributed by atoms with Crippen molar-refractivity contribution in [1.29, 1.82) is 0 Å². The van der Waals surface area contributed by atoms with Gasteiger partial charge in [0.2, 0.25) is 0 Å². The molecule has 5 nitrogen and oxygen atoms in total. The van der Waals surface area contributed by atoms with Gasteiger partial charge in [-0.3, -0.25) is 9.59 Å². The summed E-state index contributed by atoms with van der Waals surface area (Å²) in [4.78, 5) is 24.4. The zero-order valence-electron chi connectivity index (χ0n) is 12.8. The number of hydrogen-bond donors (Lipinski definition) is 2. The van der Waals surface area contributed by atoms with Crippen LogP contribution in [-0.2, 0) is 20.9 Å². The van der Waals surface area contributed by atoms with Crippen LogP contribution in [0.3, 0.4) is 0 Å². The van der Waals surface area contributed by atoms with Gasteiger partial charge in [-0.05, 0) is 29.8 Å². The summed E-state index contributed by atoms with van der Waals surface area (Å²) in [5.41, 5.74) is 0.695. The third kappa shape index (κ3) is 5.30. The molecule has 1 aromatic carbocycles. The maximum Gasteiger partial charge on any atom is 0.309 e. The van der Waals surface area contributed by atoms with Crippen molar-refractivity contribution in [1.82, 2.24) is 10.6 Å². The SMILES string of the molecule is CO[C@H](CNC(=O)C(=O)NCc1ccc(F)cc1)c1ccc(Cl)s1. The normalized spacial score (nSPS) is 11.8. The summed E-state index contributed by atoms with van der Waals surface area (Å²) in [5.74, 6) is -1.89. The summed E-state index contributed by atoms with van der Waals surface area (Å²) in [6.07, 6.45) is -0.378. The first-order valence-corrected chi connectivity index (χ1v) is 8.27. The van der Waals surface area contributed by atoms with Crippen molar-refractivity contribution < 1.29 is 18.7 Å². The van der Waals surface area contributed by atoms with Crippen LogP contribution in [0, 0.1) is 5.82 Å². The number of methoxy groups -OCH3 is 1. The number of ether oxygens (including phenoxy) is 1. The molecule has 0 unspecified atom stereocenters. The second-order valence-corrected chi connectivity index (χ2v) is 6.63. The molecule has 2 aromatic rings. The van der Waals surface area contributed by atoms with E-state index in [0.717, 1.165) is 4.88 Å². The highest BCUT2D eigenvalue weighted by molar-refractivity contribution is 7.16. The van der Waals surface area contributed by atoms with Crippen LogP contribution in [0.4, 0.5) is 4.39 Å². The fraction of sp³-hybridized carbons (Fsp3) is 0.250. The van der Waals surface area contributed by atoms with Gasteiger partial charge in [0.25, 0.3) is 0 Å². The zero-order chi connectivity index (χ0) is 17.5. The Morgan fingerprint density at radius 3 is 2.42 bits per heavy atom. The Balaban J connectivity index is 1.80. The molecule has 1 heterocycles. The molecule has 0 saturated heterocycles. The van der Waals surface area contributed by atoms with Crippen LogP contribution in [0.1, 0.15) is 16.5 Å². The van der Waals surface area contributed by atoms with E-state index in [9.17, 15) is 14.0 Å². The van der Waals surface area contributed by atoms with Crippen molar-refractivity contribution in [3.63, 3.8) is 0 Å². The second kappa shape index (κ2) is 8.77. The number of carbonyl (C=O) groups excluding carboxylic acids is 2. The Kier molecular flexibility index (Phi) is 6.72. The highest BCUT2D eigenvalue weighted by Crippen LogP contribution is 2.28. The average Bonchev–Trinajstić information content (AvgIpc) is 3.00. The fourth-order valence-corrected chi connectivity index (χ4v) is 3.07. The molecule has 8 heteroatoms. The lowest BCUT2D eigenvalue weighted by Crippen LogP contribution is -2.41. The molecule has 0 radical (unpaired) electrons. The highest BCUT2D eigenvalue weighted by atomic mass is 35.5. The van der Waals surface area contributed by atoms with Gasteiger partial charge in [0.05, 0.1) is 4.34 Å². The van der Waals surface area contributed by atoms with Crippen LogP contribution in [0.25, 0.3) is 0 Å². The van der Waals surface area contributed by atoms with Gasteiger partial charge in [-0.15, -0.1) is 11.3 Å². The van der Waals surface area contributed by atoms with Gasteiger partial charge in [-0.2, -0.15) is 0 Å². The van der Waals surface area contributed by atoms with E-state index in [1.165, 1.54) is 42.7 Å². The van der Waals surface area contributed by atoms with E-state index in [2.05, 4.69) is 10.6 Å². The minimum absolute atomic E-state index is 0.140. The largest absolute Gasteiger partial charge is 0.374 e. The minimum atomic E-state index is -0.765. The van der Waals surface area contributed by atoms with Crippen molar-refractivity contribution in [2.24, 2.45) is 0 Å². The van der Waals surface area contributed by atoms with E-state index in [1.54, 1.807) is 6.07 Å². The quantitative estimate of drug-likeness (QED) is 0.768. The maximum atomic E-state index is 12.8. The molecule has 2 N–H and O–H groups in total. The summed E-state index contributed by atoms with van der Waals surface area (Å²) in [7, 11) is 1.51. The molecular formula is C16H16ClFN2O3S. The molecule has 24 heavy (non-hydrogen) atoms. The number of hydrogen-bond acceptors (Lipinski definition) is 4. The summed E-state index contributed by atoms with van der Waals surface area (Å²) in [6, 6.07) is 9.20. The van der Waals surface area contributed by atoms with Crippen LogP contribution in [0.15, 0.2) is 36.4 Å². The third-order valence-electron chi connectivity index (χ3n) is 3.22. The second-order valence-electron chi connectivity index (χ2n) is 4.89. The molecule has 2 rings (SSSR count). The van der Waals surface area contributed by atoms with Gasteiger partial charge in [0, 0.05) is 25.1 Å². The van der Waals surface area contributed by atoms with Crippen molar-refractivity contribution in [2.75, 3.05) is 13.7 Å². The van der Waals surface area contributed by atoms with Gasteiger partial charge in [0.1, 0.15) is 11.9 Å². The molecule has 2 amide bonds. The molecule has 0 aliphatic heterocycles. The lowest BCUT2D eigenvalue weighted by molar-refractivity contribution is -0.139. The summed E-state index contributed by atoms with van der Waals surface area (Å²) >= 11 is 7.22. The van der Waals surface area contributed by atoms with E-state index in [0.29, 0.717) is 9.90 Å². The van der Waals surface area contributed by atoms with Gasteiger partial charge < -0.3 is 15.4 Å². The van der Waals surface area contributed by atoms with E-state index in [1.807, 2.05) is 6.07 Å². The molecule has 0 fully saturated rings. The van der Waals surface area contributed by atoms with Gasteiger partial charge in [0.15, 0.2) is 0 Å². The molecule has 128 valence electrons. The third-order valence-corrected chi connectivity index (χ3v) is 4.54. The molecule has 1 aromatic heterocycles. The first kappa shape index (κ1) is 18.4. The molecule has 0 saturated carbocycles. The summed E-state index contributed by atoms with van der Waals surface area (Å²) < 4.78 is 18.7. The van der Waals surface area contributed by atoms with E-state index < -0.39 is 11.8 Å². The van der Waals surface area contributed by atoms with Gasteiger partial charge in [-0.25, -0.2) is 4.39 Å². The summed E-state index contributed by atoms with van der Waals surface area (Å²) in [6.45, 7) is 0.289.